The van der Waals surface area contributed by atoms with Gasteiger partial charge in [-0.2, -0.15) is 0 Å². The summed E-state index contributed by atoms with van der Waals surface area (Å²) in [5.74, 6) is -0.0614. The van der Waals surface area contributed by atoms with Crippen molar-refractivity contribution in [2.75, 3.05) is 18.5 Å². The molecule has 0 aromatic heterocycles. The standard InChI is InChI=1S/C27H21Cl3N2O5S/c1-2-36-23-12-16(8-10-22(23)37-15-25(33)31-21-6-4-3-5-19(21)29)13-24-26(34)32(27(35)38-24)14-17-7-9-18(28)20(30)11-17/h3-13H,2,14-15H2,1H3,(H,31,33)/b24-13-. The number of rotatable bonds is 9. The summed E-state index contributed by atoms with van der Waals surface area (Å²) in [5, 5.41) is 3.46. The van der Waals surface area contributed by atoms with E-state index in [0.717, 1.165) is 16.7 Å². The zero-order valence-electron chi connectivity index (χ0n) is 20.0. The number of amides is 3. The Morgan fingerprint density at radius 3 is 2.47 bits per heavy atom. The van der Waals surface area contributed by atoms with Gasteiger partial charge < -0.3 is 14.8 Å². The molecule has 1 aliphatic rings. The second-order valence-electron chi connectivity index (χ2n) is 7.97. The molecule has 0 aliphatic carbocycles. The third-order valence-electron chi connectivity index (χ3n) is 5.27. The van der Waals surface area contributed by atoms with Crippen molar-refractivity contribution in [2.45, 2.75) is 13.5 Å². The molecular formula is C27H21Cl3N2O5S. The van der Waals surface area contributed by atoms with Crippen LogP contribution in [0.25, 0.3) is 6.08 Å². The normalized spacial score (nSPS) is 14.2. The van der Waals surface area contributed by atoms with E-state index >= 15 is 0 Å². The third kappa shape index (κ3) is 6.82. The van der Waals surface area contributed by atoms with Crippen molar-refractivity contribution < 1.29 is 23.9 Å². The van der Waals surface area contributed by atoms with Gasteiger partial charge in [0.15, 0.2) is 18.1 Å². The van der Waals surface area contributed by atoms with Gasteiger partial charge in [0.05, 0.1) is 38.8 Å². The first-order valence-corrected chi connectivity index (χ1v) is 13.3. The summed E-state index contributed by atoms with van der Waals surface area (Å²) in [7, 11) is 0. The Hall–Kier alpha value is -3.17. The Labute approximate surface area is 238 Å². The van der Waals surface area contributed by atoms with Crippen LogP contribution in [0, 0.1) is 0 Å². The summed E-state index contributed by atoms with van der Waals surface area (Å²) in [6.07, 6.45) is 1.61. The summed E-state index contributed by atoms with van der Waals surface area (Å²) in [6, 6.07) is 16.9. The highest BCUT2D eigenvalue weighted by atomic mass is 35.5. The van der Waals surface area contributed by atoms with Crippen LogP contribution in [-0.4, -0.2) is 35.2 Å². The van der Waals surface area contributed by atoms with Crippen LogP contribution in [0.15, 0.2) is 65.6 Å². The molecule has 0 saturated carbocycles. The van der Waals surface area contributed by atoms with Crippen molar-refractivity contribution in [3.05, 3.63) is 91.8 Å². The number of imide groups is 1. The van der Waals surface area contributed by atoms with Crippen molar-refractivity contribution in [1.29, 1.82) is 0 Å². The molecule has 0 bridgehead atoms. The lowest BCUT2D eigenvalue weighted by Gasteiger charge is -2.13. The molecule has 196 valence electrons. The van der Waals surface area contributed by atoms with Gasteiger partial charge in [0.1, 0.15) is 0 Å². The molecule has 3 aromatic carbocycles. The van der Waals surface area contributed by atoms with Crippen LogP contribution in [0.5, 0.6) is 11.5 Å². The highest BCUT2D eigenvalue weighted by Crippen LogP contribution is 2.36. The summed E-state index contributed by atoms with van der Waals surface area (Å²) >= 11 is 18.9. The molecule has 0 spiro atoms. The van der Waals surface area contributed by atoms with Gasteiger partial charge in [0.2, 0.25) is 0 Å². The quantitative estimate of drug-likeness (QED) is 0.263. The van der Waals surface area contributed by atoms with Crippen molar-refractivity contribution in [3.63, 3.8) is 0 Å². The number of hydrogen-bond acceptors (Lipinski definition) is 6. The first kappa shape index (κ1) is 27.9. The lowest BCUT2D eigenvalue weighted by atomic mass is 10.1. The van der Waals surface area contributed by atoms with Gasteiger partial charge in [-0.15, -0.1) is 0 Å². The molecule has 1 aliphatic heterocycles. The molecule has 7 nitrogen and oxygen atoms in total. The first-order valence-electron chi connectivity index (χ1n) is 11.4. The predicted molar refractivity (Wildman–Crippen MR) is 151 cm³/mol. The van der Waals surface area contributed by atoms with E-state index in [-0.39, 0.29) is 29.2 Å². The molecule has 3 aromatic rings. The van der Waals surface area contributed by atoms with E-state index in [1.165, 1.54) is 0 Å². The summed E-state index contributed by atoms with van der Waals surface area (Å²) in [6.45, 7) is 1.98. The molecule has 0 unspecified atom stereocenters. The van der Waals surface area contributed by atoms with Crippen LogP contribution in [0.1, 0.15) is 18.1 Å². The number of benzene rings is 3. The van der Waals surface area contributed by atoms with Gasteiger partial charge in [-0.25, -0.2) is 0 Å². The van der Waals surface area contributed by atoms with Crippen molar-refractivity contribution in [2.24, 2.45) is 0 Å². The molecule has 4 rings (SSSR count). The fourth-order valence-corrected chi connectivity index (χ4v) is 4.84. The first-order chi connectivity index (χ1) is 18.2. The van der Waals surface area contributed by atoms with Crippen molar-refractivity contribution in [1.82, 2.24) is 4.90 Å². The Morgan fingerprint density at radius 2 is 1.74 bits per heavy atom. The van der Waals surface area contributed by atoms with E-state index in [1.54, 1.807) is 66.7 Å². The van der Waals surface area contributed by atoms with Crippen LogP contribution in [0.3, 0.4) is 0 Å². The highest BCUT2D eigenvalue weighted by molar-refractivity contribution is 8.18. The smallest absolute Gasteiger partial charge is 0.293 e. The van der Waals surface area contributed by atoms with Gasteiger partial charge in [0, 0.05) is 0 Å². The molecule has 1 N–H and O–H groups in total. The zero-order chi connectivity index (χ0) is 27.2. The van der Waals surface area contributed by atoms with Gasteiger partial charge in [-0.3, -0.25) is 19.3 Å². The second-order valence-corrected chi connectivity index (χ2v) is 10.2. The summed E-state index contributed by atoms with van der Waals surface area (Å²) < 4.78 is 11.4. The lowest BCUT2D eigenvalue weighted by Crippen LogP contribution is -2.27. The fraction of sp³-hybridized carbons (Fsp3) is 0.148. The van der Waals surface area contributed by atoms with Crippen molar-refractivity contribution >= 4 is 75.4 Å². The van der Waals surface area contributed by atoms with Crippen LogP contribution in [0.2, 0.25) is 15.1 Å². The molecule has 1 heterocycles. The van der Waals surface area contributed by atoms with Gasteiger partial charge >= 0.3 is 0 Å². The zero-order valence-corrected chi connectivity index (χ0v) is 23.1. The number of hydrogen-bond donors (Lipinski definition) is 1. The largest absolute Gasteiger partial charge is 0.490 e. The third-order valence-corrected chi connectivity index (χ3v) is 7.25. The predicted octanol–water partition coefficient (Wildman–Crippen LogP) is 7.30. The average Bonchev–Trinajstić information content (AvgIpc) is 3.14. The van der Waals surface area contributed by atoms with Crippen LogP contribution >= 0.6 is 46.6 Å². The van der Waals surface area contributed by atoms with Gasteiger partial charge in [-0.1, -0.05) is 59.1 Å². The van der Waals surface area contributed by atoms with E-state index in [0.29, 0.717) is 50.0 Å². The Balaban J connectivity index is 1.45. The minimum absolute atomic E-state index is 0.0755. The summed E-state index contributed by atoms with van der Waals surface area (Å²) in [5.41, 5.74) is 1.79. The lowest BCUT2D eigenvalue weighted by molar-refractivity contribution is -0.123. The molecule has 0 radical (unpaired) electrons. The van der Waals surface area contributed by atoms with Crippen LogP contribution < -0.4 is 14.8 Å². The maximum atomic E-state index is 13.0. The molecule has 0 atom stereocenters. The van der Waals surface area contributed by atoms with E-state index in [9.17, 15) is 14.4 Å². The molecule has 38 heavy (non-hydrogen) atoms. The number of anilines is 1. The minimum atomic E-state index is -0.416. The van der Waals surface area contributed by atoms with Crippen LogP contribution in [0.4, 0.5) is 10.5 Å². The number of carbonyl (C=O) groups is 3. The van der Waals surface area contributed by atoms with Gasteiger partial charge in [0.25, 0.3) is 17.1 Å². The highest BCUT2D eigenvalue weighted by Gasteiger charge is 2.35. The molecule has 3 amide bonds. The Bertz CT molecular complexity index is 1430. The number of nitrogens with zero attached hydrogens (tertiary/aromatic N) is 1. The average molecular weight is 592 g/mol. The van der Waals surface area contributed by atoms with E-state index in [1.807, 2.05) is 6.92 Å². The number of nitrogens with one attached hydrogen (secondary N) is 1. The fourth-order valence-electron chi connectivity index (χ4n) is 3.50. The topological polar surface area (TPSA) is 84.9 Å². The Kier molecular flexibility index (Phi) is 9.22. The monoisotopic (exact) mass is 590 g/mol. The number of thioether (sulfide) groups is 1. The maximum absolute atomic E-state index is 13.0. The SMILES string of the molecule is CCOc1cc(/C=C2\SC(=O)N(Cc3ccc(Cl)c(Cl)c3)C2=O)ccc1OCC(=O)Nc1ccccc1Cl. The molecular weight excluding hydrogens is 571 g/mol. The Morgan fingerprint density at radius 1 is 0.947 bits per heavy atom. The molecule has 1 saturated heterocycles. The summed E-state index contributed by atoms with van der Waals surface area (Å²) in [4.78, 5) is 39.2. The number of ether oxygens (including phenoxy) is 2. The van der Waals surface area contributed by atoms with E-state index in [4.69, 9.17) is 44.3 Å². The molecule has 11 heteroatoms. The van der Waals surface area contributed by atoms with E-state index in [2.05, 4.69) is 5.32 Å². The second kappa shape index (κ2) is 12.6. The number of para-hydroxylation sites is 1. The van der Waals surface area contributed by atoms with Crippen LogP contribution in [-0.2, 0) is 16.1 Å². The van der Waals surface area contributed by atoms with E-state index < -0.39 is 5.91 Å². The molecule has 1 fully saturated rings. The maximum Gasteiger partial charge on any atom is 0.293 e. The minimum Gasteiger partial charge on any atom is -0.490 e. The van der Waals surface area contributed by atoms with Crippen molar-refractivity contribution in [3.8, 4) is 11.5 Å². The number of halogens is 3. The number of carbonyl (C=O) groups excluding carboxylic acids is 3. The van der Waals surface area contributed by atoms with Gasteiger partial charge in [-0.05, 0) is 72.3 Å².